The minimum absolute atomic E-state index is 0.110. The number of aromatic nitrogens is 6. The molecule has 0 unspecified atom stereocenters. The van der Waals surface area contributed by atoms with E-state index in [1.807, 2.05) is 24.4 Å². The van der Waals surface area contributed by atoms with Crippen molar-refractivity contribution in [3.63, 3.8) is 0 Å². The van der Waals surface area contributed by atoms with Crippen LogP contribution >= 0.6 is 0 Å². The van der Waals surface area contributed by atoms with Crippen molar-refractivity contribution in [1.29, 1.82) is 0 Å². The molecule has 6 rings (SSSR count). The maximum absolute atomic E-state index is 12.9. The zero-order chi connectivity index (χ0) is 21.0. The van der Waals surface area contributed by atoms with Crippen LogP contribution in [0, 0.1) is 0 Å². The fourth-order valence-corrected chi connectivity index (χ4v) is 5.02. The molecule has 0 atom stereocenters. The molecular formula is C22H22N8O. The summed E-state index contributed by atoms with van der Waals surface area (Å²) in [5.74, 6) is 1.76. The normalized spacial score (nSPS) is 17.3. The van der Waals surface area contributed by atoms with E-state index in [4.69, 9.17) is 4.98 Å². The van der Waals surface area contributed by atoms with Crippen LogP contribution in [0.5, 0.6) is 0 Å². The van der Waals surface area contributed by atoms with E-state index in [1.165, 1.54) is 0 Å². The van der Waals surface area contributed by atoms with Crippen molar-refractivity contribution in [2.75, 3.05) is 23.3 Å². The van der Waals surface area contributed by atoms with Gasteiger partial charge in [0.25, 0.3) is 0 Å². The average Bonchev–Trinajstić information content (AvgIpc) is 3.52. The fraction of sp³-hybridized carbons (Fsp3) is 0.318. The van der Waals surface area contributed by atoms with Crippen molar-refractivity contribution >= 4 is 28.6 Å². The number of carbonyl (C=O) groups excluding carboxylic acids is 1. The largest absolute Gasteiger partial charge is 0.355 e. The second kappa shape index (κ2) is 6.63. The zero-order valence-corrected chi connectivity index (χ0v) is 17.2. The minimum atomic E-state index is -0.454. The topological polar surface area (TPSA) is 105 Å². The van der Waals surface area contributed by atoms with Gasteiger partial charge in [0.1, 0.15) is 12.2 Å². The number of rotatable bonds is 3. The van der Waals surface area contributed by atoms with E-state index >= 15 is 0 Å². The van der Waals surface area contributed by atoms with Crippen LogP contribution in [0.4, 0.5) is 11.5 Å². The standard InChI is InChI=1S/C22H22N8O/c1-2-30-18(14-11-25-26-12-14)28-17-19(23-13-24-20(17)30)29-9-7-22(8-10-29)15-5-3-4-6-16(15)27-21(22)31/h3-6,11-13H,2,7-10H2,1H3,(H,25,26)(H,27,31). The highest BCUT2D eigenvalue weighted by molar-refractivity contribution is 6.06. The molecule has 1 amide bonds. The van der Waals surface area contributed by atoms with Gasteiger partial charge in [0.05, 0.1) is 17.2 Å². The lowest BCUT2D eigenvalue weighted by Gasteiger charge is -2.38. The molecule has 156 valence electrons. The Hall–Kier alpha value is -3.75. The number of H-pyrrole nitrogens is 1. The van der Waals surface area contributed by atoms with Gasteiger partial charge >= 0.3 is 0 Å². The number of amides is 1. The Balaban J connectivity index is 1.37. The number of hydrogen-bond donors (Lipinski definition) is 2. The van der Waals surface area contributed by atoms with Gasteiger partial charge in [-0.2, -0.15) is 5.10 Å². The second-order valence-corrected chi connectivity index (χ2v) is 8.10. The van der Waals surface area contributed by atoms with Gasteiger partial charge in [-0.1, -0.05) is 18.2 Å². The summed E-state index contributed by atoms with van der Waals surface area (Å²) in [4.78, 5) is 29.1. The summed E-state index contributed by atoms with van der Waals surface area (Å²) < 4.78 is 2.08. The highest BCUT2D eigenvalue weighted by Gasteiger charge is 2.48. The van der Waals surface area contributed by atoms with Gasteiger partial charge in [0, 0.05) is 31.5 Å². The van der Waals surface area contributed by atoms with Crippen molar-refractivity contribution in [3.05, 3.63) is 48.5 Å². The molecule has 5 heterocycles. The summed E-state index contributed by atoms with van der Waals surface area (Å²) in [6, 6.07) is 8.03. The van der Waals surface area contributed by atoms with Crippen LogP contribution in [0.3, 0.4) is 0 Å². The number of benzene rings is 1. The lowest BCUT2D eigenvalue weighted by Crippen LogP contribution is -2.46. The summed E-state index contributed by atoms with van der Waals surface area (Å²) in [5.41, 5.74) is 4.12. The minimum Gasteiger partial charge on any atom is -0.355 e. The molecule has 1 aromatic carbocycles. The number of aromatic amines is 1. The van der Waals surface area contributed by atoms with Crippen LogP contribution in [0.2, 0.25) is 0 Å². The van der Waals surface area contributed by atoms with Crippen LogP contribution in [-0.2, 0) is 16.8 Å². The number of nitrogens with one attached hydrogen (secondary N) is 2. The molecule has 1 spiro atoms. The third kappa shape index (κ3) is 2.52. The number of imidazole rings is 1. The van der Waals surface area contributed by atoms with Crippen LogP contribution < -0.4 is 10.2 Å². The monoisotopic (exact) mass is 414 g/mol. The maximum atomic E-state index is 12.9. The molecule has 9 heteroatoms. The number of hydrogen-bond acceptors (Lipinski definition) is 6. The van der Waals surface area contributed by atoms with E-state index < -0.39 is 5.41 Å². The lowest BCUT2D eigenvalue weighted by molar-refractivity contribution is -0.121. The van der Waals surface area contributed by atoms with E-state index in [9.17, 15) is 4.79 Å². The third-order valence-electron chi connectivity index (χ3n) is 6.63. The molecule has 31 heavy (non-hydrogen) atoms. The quantitative estimate of drug-likeness (QED) is 0.534. The summed E-state index contributed by atoms with van der Waals surface area (Å²) in [7, 11) is 0. The fourth-order valence-electron chi connectivity index (χ4n) is 5.02. The Morgan fingerprint density at radius 3 is 2.77 bits per heavy atom. The summed E-state index contributed by atoms with van der Waals surface area (Å²) in [5, 5.41) is 9.98. The number of carbonyl (C=O) groups is 1. The Morgan fingerprint density at radius 1 is 1.16 bits per heavy atom. The van der Waals surface area contributed by atoms with Crippen molar-refractivity contribution in [3.8, 4) is 11.4 Å². The van der Waals surface area contributed by atoms with Crippen LogP contribution in [0.25, 0.3) is 22.6 Å². The van der Waals surface area contributed by atoms with E-state index in [1.54, 1.807) is 12.5 Å². The van der Waals surface area contributed by atoms with Crippen LogP contribution in [0.1, 0.15) is 25.3 Å². The molecule has 0 bridgehead atoms. The van der Waals surface area contributed by atoms with Gasteiger partial charge in [0.2, 0.25) is 5.91 Å². The molecule has 0 radical (unpaired) electrons. The molecule has 0 saturated carbocycles. The molecule has 9 nitrogen and oxygen atoms in total. The Bertz CT molecular complexity index is 1280. The number of aryl methyl sites for hydroxylation is 1. The highest BCUT2D eigenvalue weighted by atomic mass is 16.2. The van der Waals surface area contributed by atoms with Gasteiger partial charge in [-0.15, -0.1) is 0 Å². The van der Waals surface area contributed by atoms with Gasteiger partial charge in [-0.05, 0) is 31.4 Å². The lowest BCUT2D eigenvalue weighted by atomic mass is 9.73. The predicted octanol–water partition coefficient (Wildman–Crippen LogP) is 2.73. The molecule has 0 aliphatic carbocycles. The van der Waals surface area contributed by atoms with Crippen molar-refractivity contribution < 1.29 is 4.79 Å². The maximum Gasteiger partial charge on any atom is 0.235 e. The summed E-state index contributed by atoms with van der Waals surface area (Å²) >= 11 is 0. The van der Waals surface area contributed by atoms with Gasteiger partial charge < -0.3 is 14.8 Å². The highest BCUT2D eigenvalue weighted by Crippen LogP contribution is 2.45. The third-order valence-corrected chi connectivity index (χ3v) is 6.63. The second-order valence-electron chi connectivity index (χ2n) is 8.10. The molecule has 1 fully saturated rings. The number of nitrogens with zero attached hydrogens (tertiary/aromatic N) is 6. The van der Waals surface area contributed by atoms with E-state index in [0.29, 0.717) is 0 Å². The number of fused-ring (bicyclic) bond motifs is 3. The van der Waals surface area contributed by atoms with Crippen molar-refractivity contribution in [2.24, 2.45) is 0 Å². The molecule has 2 N–H and O–H groups in total. The number of piperidine rings is 1. The summed E-state index contributed by atoms with van der Waals surface area (Å²) in [6.07, 6.45) is 6.68. The molecule has 1 saturated heterocycles. The first kappa shape index (κ1) is 18.1. The average molecular weight is 414 g/mol. The molecular weight excluding hydrogens is 392 g/mol. The Morgan fingerprint density at radius 2 is 2.00 bits per heavy atom. The van der Waals surface area contributed by atoms with Crippen molar-refractivity contribution in [2.45, 2.75) is 31.7 Å². The van der Waals surface area contributed by atoms with E-state index in [-0.39, 0.29) is 5.91 Å². The first-order valence-corrected chi connectivity index (χ1v) is 10.6. The van der Waals surface area contributed by atoms with E-state index in [0.717, 1.165) is 72.1 Å². The molecule has 2 aliphatic heterocycles. The Labute approximate surface area is 178 Å². The van der Waals surface area contributed by atoms with Crippen LogP contribution in [-0.4, -0.2) is 48.7 Å². The SMILES string of the molecule is CCn1c(-c2cn[nH]c2)nc2c(N3CCC4(CC3)C(=O)Nc3ccccc34)ncnc21. The number of anilines is 2. The summed E-state index contributed by atoms with van der Waals surface area (Å²) in [6.45, 7) is 4.28. The first-order chi connectivity index (χ1) is 15.2. The predicted molar refractivity (Wildman–Crippen MR) is 117 cm³/mol. The van der Waals surface area contributed by atoms with Gasteiger partial charge in [0.15, 0.2) is 17.0 Å². The Kier molecular flexibility index (Phi) is 3.86. The molecule has 2 aliphatic rings. The van der Waals surface area contributed by atoms with E-state index in [2.05, 4.69) is 47.9 Å². The molecule has 3 aromatic heterocycles. The zero-order valence-electron chi connectivity index (χ0n) is 17.2. The van der Waals surface area contributed by atoms with Gasteiger partial charge in [-0.25, -0.2) is 15.0 Å². The first-order valence-electron chi connectivity index (χ1n) is 10.6. The molecule has 4 aromatic rings. The smallest absolute Gasteiger partial charge is 0.235 e. The van der Waals surface area contributed by atoms with Crippen LogP contribution in [0.15, 0.2) is 43.0 Å². The number of para-hydroxylation sites is 1. The van der Waals surface area contributed by atoms with Gasteiger partial charge in [-0.3, -0.25) is 9.89 Å². The van der Waals surface area contributed by atoms with Crippen molar-refractivity contribution in [1.82, 2.24) is 29.7 Å².